The summed E-state index contributed by atoms with van der Waals surface area (Å²) in [5, 5.41) is 14.2. The van der Waals surface area contributed by atoms with Crippen LogP contribution in [0.25, 0.3) is 0 Å². The Bertz CT molecular complexity index is 893. The number of nitrogens with one attached hydrogen (secondary N) is 2. The Balaban J connectivity index is 1.52. The van der Waals surface area contributed by atoms with E-state index in [1.807, 2.05) is 55.5 Å². The molecule has 138 valence electrons. The van der Waals surface area contributed by atoms with Gasteiger partial charge in [-0.1, -0.05) is 30.3 Å². The number of ether oxygens (including phenoxy) is 1. The van der Waals surface area contributed by atoms with Crippen LogP contribution in [0.1, 0.15) is 21.6 Å². The summed E-state index contributed by atoms with van der Waals surface area (Å²) in [5.41, 5.74) is 3.24. The van der Waals surface area contributed by atoms with Gasteiger partial charge in [-0.15, -0.1) is 10.2 Å². The predicted molar refractivity (Wildman–Crippen MR) is 106 cm³/mol. The van der Waals surface area contributed by atoms with Gasteiger partial charge in [0.2, 0.25) is 0 Å². The van der Waals surface area contributed by atoms with Gasteiger partial charge in [0, 0.05) is 12.2 Å². The molecule has 3 rings (SSSR count). The second-order valence-corrected chi connectivity index (χ2v) is 6.10. The zero-order chi connectivity index (χ0) is 19.1. The van der Waals surface area contributed by atoms with Crippen molar-refractivity contribution < 1.29 is 9.53 Å². The molecular formula is C21H22N4O2. The maximum absolute atomic E-state index is 12.3. The Hall–Kier alpha value is -3.41. The van der Waals surface area contributed by atoms with Crippen LogP contribution in [-0.4, -0.2) is 29.8 Å². The fourth-order valence-electron chi connectivity index (χ4n) is 2.57. The van der Waals surface area contributed by atoms with Crippen molar-refractivity contribution in [3.63, 3.8) is 0 Å². The summed E-state index contributed by atoms with van der Waals surface area (Å²) in [6, 6.07) is 19.0. The minimum atomic E-state index is -0.276. The van der Waals surface area contributed by atoms with Crippen LogP contribution in [0.2, 0.25) is 0 Å². The molecule has 1 heterocycles. The largest absolute Gasteiger partial charge is 0.497 e. The van der Waals surface area contributed by atoms with E-state index in [0.29, 0.717) is 5.82 Å². The van der Waals surface area contributed by atoms with E-state index in [2.05, 4.69) is 20.8 Å². The smallest absolute Gasteiger partial charge is 0.276 e. The third-order valence-electron chi connectivity index (χ3n) is 4.17. The van der Waals surface area contributed by atoms with E-state index in [0.717, 1.165) is 30.0 Å². The molecule has 0 saturated heterocycles. The van der Waals surface area contributed by atoms with Crippen molar-refractivity contribution in [1.29, 1.82) is 0 Å². The van der Waals surface area contributed by atoms with E-state index in [1.165, 1.54) is 5.56 Å². The number of carbonyl (C=O) groups is 1. The zero-order valence-corrected chi connectivity index (χ0v) is 15.4. The number of anilines is 2. The molecule has 0 bridgehead atoms. The first-order valence-corrected chi connectivity index (χ1v) is 8.73. The van der Waals surface area contributed by atoms with Crippen molar-refractivity contribution in [1.82, 2.24) is 10.2 Å². The molecule has 0 atom stereocenters. The van der Waals surface area contributed by atoms with Gasteiger partial charge in [-0.3, -0.25) is 4.79 Å². The van der Waals surface area contributed by atoms with E-state index in [9.17, 15) is 4.79 Å². The van der Waals surface area contributed by atoms with Crippen LogP contribution < -0.4 is 15.4 Å². The minimum absolute atomic E-state index is 0.276. The summed E-state index contributed by atoms with van der Waals surface area (Å²) >= 11 is 0. The van der Waals surface area contributed by atoms with Gasteiger partial charge in [-0.2, -0.15) is 0 Å². The molecule has 3 aromatic rings. The summed E-state index contributed by atoms with van der Waals surface area (Å²) in [4.78, 5) is 12.3. The second-order valence-electron chi connectivity index (χ2n) is 6.10. The number of hydrogen-bond acceptors (Lipinski definition) is 5. The molecule has 0 radical (unpaired) electrons. The summed E-state index contributed by atoms with van der Waals surface area (Å²) in [5.74, 6) is 1.20. The molecule has 0 aliphatic carbocycles. The van der Waals surface area contributed by atoms with E-state index < -0.39 is 0 Å². The quantitative estimate of drug-likeness (QED) is 0.670. The Labute approximate surface area is 158 Å². The topological polar surface area (TPSA) is 76.1 Å². The lowest BCUT2D eigenvalue weighted by Crippen LogP contribution is -2.15. The van der Waals surface area contributed by atoms with E-state index in [4.69, 9.17) is 4.74 Å². The highest BCUT2D eigenvalue weighted by atomic mass is 16.5. The molecular weight excluding hydrogens is 340 g/mol. The lowest BCUT2D eigenvalue weighted by Gasteiger charge is -2.08. The molecule has 0 unspecified atom stereocenters. The van der Waals surface area contributed by atoms with E-state index >= 15 is 0 Å². The molecule has 0 spiro atoms. The number of amides is 1. The molecule has 1 aromatic heterocycles. The minimum Gasteiger partial charge on any atom is -0.497 e. The van der Waals surface area contributed by atoms with Gasteiger partial charge in [0.1, 0.15) is 11.6 Å². The van der Waals surface area contributed by atoms with Crippen molar-refractivity contribution in [2.75, 3.05) is 24.3 Å². The first-order valence-electron chi connectivity index (χ1n) is 8.73. The monoisotopic (exact) mass is 362 g/mol. The third kappa shape index (κ3) is 5.04. The van der Waals surface area contributed by atoms with Crippen molar-refractivity contribution in [3.05, 3.63) is 77.5 Å². The Kier molecular flexibility index (Phi) is 5.99. The number of rotatable bonds is 7. The van der Waals surface area contributed by atoms with E-state index in [1.54, 1.807) is 19.2 Å². The normalized spacial score (nSPS) is 10.3. The van der Waals surface area contributed by atoms with E-state index in [-0.39, 0.29) is 11.6 Å². The first-order chi connectivity index (χ1) is 13.2. The SMILES string of the molecule is COc1ccc(CCNc2ccc(C(=O)Nc3ccccc3C)nn2)cc1. The second kappa shape index (κ2) is 8.80. The van der Waals surface area contributed by atoms with Crippen LogP contribution in [-0.2, 0) is 6.42 Å². The van der Waals surface area contributed by atoms with Gasteiger partial charge in [0.25, 0.3) is 5.91 Å². The number of aromatic nitrogens is 2. The van der Waals surface area contributed by atoms with Gasteiger partial charge < -0.3 is 15.4 Å². The zero-order valence-electron chi connectivity index (χ0n) is 15.4. The van der Waals surface area contributed by atoms with Crippen molar-refractivity contribution in [2.24, 2.45) is 0 Å². The lowest BCUT2D eigenvalue weighted by molar-refractivity contribution is 0.102. The highest BCUT2D eigenvalue weighted by Gasteiger charge is 2.09. The van der Waals surface area contributed by atoms with Crippen molar-refractivity contribution in [2.45, 2.75) is 13.3 Å². The Morgan fingerprint density at radius 2 is 1.78 bits per heavy atom. The van der Waals surface area contributed by atoms with Crippen LogP contribution >= 0.6 is 0 Å². The fourth-order valence-corrected chi connectivity index (χ4v) is 2.57. The highest BCUT2D eigenvalue weighted by Crippen LogP contribution is 2.15. The number of hydrogen-bond donors (Lipinski definition) is 2. The van der Waals surface area contributed by atoms with Crippen LogP contribution in [0.5, 0.6) is 5.75 Å². The molecule has 6 nitrogen and oxygen atoms in total. The number of aryl methyl sites for hydroxylation is 1. The van der Waals surface area contributed by atoms with Gasteiger partial charge >= 0.3 is 0 Å². The standard InChI is InChI=1S/C21H22N4O2/c1-15-5-3-4-6-18(15)23-21(26)19-11-12-20(25-24-19)22-14-13-16-7-9-17(27-2)10-8-16/h3-12H,13-14H2,1-2H3,(H,22,25)(H,23,26). The van der Waals surface area contributed by atoms with Crippen molar-refractivity contribution >= 4 is 17.4 Å². The van der Waals surface area contributed by atoms with Gasteiger partial charge in [-0.05, 0) is 54.8 Å². The van der Waals surface area contributed by atoms with Gasteiger partial charge in [0.15, 0.2) is 5.69 Å². The van der Waals surface area contributed by atoms with Crippen LogP contribution in [0.15, 0.2) is 60.7 Å². The Morgan fingerprint density at radius 3 is 2.44 bits per heavy atom. The summed E-state index contributed by atoms with van der Waals surface area (Å²) in [7, 11) is 1.65. The molecule has 0 aliphatic rings. The molecule has 0 saturated carbocycles. The maximum Gasteiger partial charge on any atom is 0.276 e. The first kappa shape index (κ1) is 18.4. The number of para-hydroxylation sites is 1. The maximum atomic E-state index is 12.3. The fraction of sp³-hybridized carbons (Fsp3) is 0.190. The number of methoxy groups -OCH3 is 1. The van der Waals surface area contributed by atoms with Gasteiger partial charge in [-0.25, -0.2) is 0 Å². The number of nitrogens with zero attached hydrogens (tertiary/aromatic N) is 2. The van der Waals surface area contributed by atoms with Crippen LogP contribution in [0.3, 0.4) is 0 Å². The Morgan fingerprint density at radius 1 is 1.00 bits per heavy atom. The number of benzene rings is 2. The molecule has 0 aliphatic heterocycles. The molecule has 27 heavy (non-hydrogen) atoms. The van der Waals surface area contributed by atoms with Crippen LogP contribution in [0, 0.1) is 6.92 Å². The average molecular weight is 362 g/mol. The van der Waals surface area contributed by atoms with Crippen molar-refractivity contribution in [3.8, 4) is 5.75 Å². The predicted octanol–water partition coefficient (Wildman–Crippen LogP) is 3.70. The van der Waals surface area contributed by atoms with Gasteiger partial charge in [0.05, 0.1) is 7.11 Å². The third-order valence-corrected chi connectivity index (χ3v) is 4.17. The van der Waals surface area contributed by atoms with Crippen LogP contribution in [0.4, 0.5) is 11.5 Å². The average Bonchev–Trinajstić information content (AvgIpc) is 2.71. The molecule has 1 amide bonds. The summed E-state index contributed by atoms with van der Waals surface area (Å²) < 4.78 is 5.15. The summed E-state index contributed by atoms with van der Waals surface area (Å²) in [6.07, 6.45) is 0.848. The summed E-state index contributed by atoms with van der Waals surface area (Å²) in [6.45, 7) is 2.66. The number of carbonyl (C=O) groups excluding carboxylic acids is 1. The molecule has 0 fully saturated rings. The molecule has 2 aromatic carbocycles. The molecule has 2 N–H and O–H groups in total. The highest BCUT2D eigenvalue weighted by molar-refractivity contribution is 6.03. The molecule has 6 heteroatoms. The lowest BCUT2D eigenvalue weighted by atomic mass is 10.1.